The zero-order valence-corrected chi connectivity index (χ0v) is 12.3. The molecule has 1 unspecified atom stereocenters. The molecule has 2 aliphatic heterocycles. The molecule has 1 aromatic rings. The van der Waals surface area contributed by atoms with Crippen molar-refractivity contribution in [3.63, 3.8) is 0 Å². The molecule has 9 heteroatoms. The van der Waals surface area contributed by atoms with Crippen molar-refractivity contribution < 1.29 is 23.8 Å². The Balaban J connectivity index is 2.06. The second-order valence-electron chi connectivity index (χ2n) is 6.15. The van der Waals surface area contributed by atoms with E-state index in [1.807, 2.05) is 6.07 Å². The van der Waals surface area contributed by atoms with Crippen LogP contribution in [0.15, 0.2) is 0 Å². The van der Waals surface area contributed by atoms with Crippen molar-refractivity contribution in [2.24, 2.45) is 0 Å². The van der Waals surface area contributed by atoms with Gasteiger partial charge in [0, 0.05) is 24.9 Å². The van der Waals surface area contributed by atoms with Crippen molar-refractivity contribution in [3.05, 3.63) is 17.0 Å². The molecule has 0 saturated heterocycles. The fourth-order valence-corrected chi connectivity index (χ4v) is 3.27. The average molecular weight is 326 g/mol. The Hall–Kier alpha value is -2.21. The summed E-state index contributed by atoms with van der Waals surface area (Å²) in [6.45, 7) is -0.120. The monoisotopic (exact) mass is 326 g/mol. The number of halogens is 2. The van der Waals surface area contributed by atoms with Crippen molar-refractivity contribution in [2.45, 2.75) is 50.3 Å². The molecule has 3 rings (SSSR count). The Kier molecular flexibility index (Phi) is 3.52. The highest BCUT2D eigenvalue weighted by molar-refractivity contribution is 5.65. The predicted octanol–water partition coefficient (Wildman–Crippen LogP) is 1.45. The molecule has 0 aromatic carbocycles. The van der Waals surface area contributed by atoms with E-state index in [2.05, 4.69) is 5.10 Å². The summed E-state index contributed by atoms with van der Waals surface area (Å²) in [6, 6.07) is 1.83. The van der Waals surface area contributed by atoms with Crippen LogP contribution in [-0.4, -0.2) is 43.1 Å². The number of amides is 1. The summed E-state index contributed by atoms with van der Waals surface area (Å²) in [5.41, 5.74) is -1.21. The Labute approximate surface area is 130 Å². The van der Waals surface area contributed by atoms with Gasteiger partial charge in [0.25, 0.3) is 5.92 Å². The molecule has 1 atom stereocenters. The third kappa shape index (κ3) is 2.63. The quantitative estimate of drug-likeness (QED) is 0.813. The lowest BCUT2D eigenvalue weighted by molar-refractivity contribution is -0.0394. The van der Waals surface area contributed by atoms with Crippen LogP contribution < -0.4 is 0 Å². The minimum absolute atomic E-state index is 0.133. The minimum atomic E-state index is -3.22. The molecule has 23 heavy (non-hydrogen) atoms. The summed E-state index contributed by atoms with van der Waals surface area (Å²) < 4.78 is 30.2. The lowest BCUT2D eigenvalue weighted by atomic mass is 9.93. The number of aliphatic hydroxyl groups is 1. The van der Waals surface area contributed by atoms with Gasteiger partial charge in [0.15, 0.2) is 0 Å². The zero-order chi connectivity index (χ0) is 16.8. The lowest BCUT2D eigenvalue weighted by Crippen LogP contribution is -2.35. The van der Waals surface area contributed by atoms with Crippen LogP contribution in [0, 0.1) is 11.3 Å². The van der Waals surface area contributed by atoms with Gasteiger partial charge < -0.3 is 15.1 Å². The summed E-state index contributed by atoms with van der Waals surface area (Å²) >= 11 is 0. The fourth-order valence-electron chi connectivity index (χ4n) is 3.27. The van der Waals surface area contributed by atoms with Gasteiger partial charge in [-0.05, 0) is 6.42 Å². The van der Waals surface area contributed by atoms with Crippen molar-refractivity contribution in [1.82, 2.24) is 14.7 Å². The first kappa shape index (κ1) is 15.7. The van der Waals surface area contributed by atoms with Gasteiger partial charge in [0.05, 0.1) is 36.9 Å². The van der Waals surface area contributed by atoms with Crippen LogP contribution in [0.3, 0.4) is 0 Å². The SMILES string of the molecule is N#CCC1(O)CCC(F)(F)c2c3c(nn2C1)CCN(C(=O)O)C3. The van der Waals surface area contributed by atoms with E-state index in [0.717, 1.165) is 9.58 Å². The van der Waals surface area contributed by atoms with E-state index in [1.165, 1.54) is 0 Å². The standard InChI is InChI=1S/C14H16F2N4O3/c15-14(16)3-2-13(23,4-5-17)8-20-11(14)9-7-19(12(21)22)6-1-10(9)18-20/h23H,1-4,6-8H2,(H,21,22). The Morgan fingerprint density at radius 1 is 1.43 bits per heavy atom. The normalized spacial score (nSPS) is 25.9. The van der Waals surface area contributed by atoms with Crippen LogP contribution in [-0.2, 0) is 25.4 Å². The lowest BCUT2D eigenvalue weighted by Gasteiger charge is -2.25. The zero-order valence-electron chi connectivity index (χ0n) is 12.3. The number of rotatable bonds is 1. The second kappa shape index (κ2) is 5.16. The number of carbonyl (C=O) groups is 1. The first-order valence-electron chi connectivity index (χ1n) is 7.30. The van der Waals surface area contributed by atoms with Crippen LogP contribution in [0.1, 0.15) is 36.2 Å². The molecule has 3 heterocycles. The Morgan fingerprint density at radius 3 is 2.83 bits per heavy atom. The largest absolute Gasteiger partial charge is 0.465 e. The maximum absolute atomic E-state index is 14.6. The molecule has 2 aliphatic rings. The molecule has 124 valence electrons. The maximum Gasteiger partial charge on any atom is 0.407 e. The van der Waals surface area contributed by atoms with Gasteiger partial charge >= 0.3 is 6.09 Å². The van der Waals surface area contributed by atoms with E-state index >= 15 is 0 Å². The van der Waals surface area contributed by atoms with E-state index in [1.54, 1.807) is 0 Å². The van der Waals surface area contributed by atoms with Gasteiger partial charge in [-0.25, -0.2) is 4.79 Å². The van der Waals surface area contributed by atoms with Gasteiger partial charge in [-0.2, -0.15) is 19.1 Å². The second-order valence-corrected chi connectivity index (χ2v) is 6.15. The highest BCUT2D eigenvalue weighted by atomic mass is 19.3. The van der Waals surface area contributed by atoms with Crippen LogP contribution in [0.2, 0.25) is 0 Å². The maximum atomic E-state index is 14.6. The molecule has 0 aliphatic carbocycles. The molecule has 0 radical (unpaired) electrons. The third-order valence-electron chi connectivity index (χ3n) is 4.47. The molecular formula is C14H16F2N4O3. The van der Waals surface area contributed by atoms with Gasteiger partial charge in [0.2, 0.25) is 0 Å². The van der Waals surface area contributed by atoms with Gasteiger partial charge in [-0.3, -0.25) is 4.68 Å². The summed E-state index contributed by atoms with van der Waals surface area (Å²) in [6.07, 6.45) is -1.97. The molecular weight excluding hydrogens is 310 g/mol. The number of hydrogen-bond donors (Lipinski definition) is 2. The summed E-state index contributed by atoms with van der Waals surface area (Å²) in [4.78, 5) is 12.2. The first-order chi connectivity index (χ1) is 10.8. The smallest absolute Gasteiger partial charge is 0.407 e. The minimum Gasteiger partial charge on any atom is -0.465 e. The Morgan fingerprint density at radius 2 is 2.17 bits per heavy atom. The number of nitrogens with zero attached hydrogens (tertiary/aromatic N) is 4. The molecule has 0 fully saturated rings. The van der Waals surface area contributed by atoms with Crippen LogP contribution in [0.5, 0.6) is 0 Å². The van der Waals surface area contributed by atoms with Gasteiger partial charge in [0.1, 0.15) is 5.69 Å². The molecule has 0 saturated carbocycles. The van der Waals surface area contributed by atoms with Crippen molar-refractivity contribution >= 4 is 6.09 Å². The van der Waals surface area contributed by atoms with Crippen molar-refractivity contribution in [1.29, 1.82) is 5.26 Å². The van der Waals surface area contributed by atoms with Crippen LogP contribution >= 0.6 is 0 Å². The molecule has 1 aromatic heterocycles. The molecule has 7 nitrogen and oxygen atoms in total. The summed E-state index contributed by atoms with van der Waals surface area (Å²) in [5, 5.41) is 32.5. The number of aromatic nitrogens is 2. The summed E-state index contributed by atoms with van der Waals surface area (Å²) in [5.74, 6) is -3.22. The van der Waals surface area contributed by atoms with E-state index in [0.29, 0.717) is 5.69 Å². The van der Waals surface area contributed by atoms with Crippen molar-refractivity contribution in [3.8, 4) is 6.07 Å². The van der Waals surface area contributed by atoms with Gasteiger partial charge in [-0.1, -0.05) is 0 Å². The summed E-state index contributed by atoms with van der Waals surface area (Å²) in [7, 11) is 0. The van der Waals surface area contributed by atoms with E-state index in [-0.39, 0.29) is 50.2 Å². The number of hydrogen-bond acceptors (Lipinski definition) is 4. The van der Waals surface area contributed by atoms with Gasteiger partial charge in [-0.15, -0.1) is 0 Å². The Bertz CT molecular complexity index is 697. The highest BCUT2D eigenvalue weighted by Gasteiger charge is 2.47. The predicted molar refractivity (Wildman–Crippen MR) is 72.7 cm³/mol. The molecule has 1 amide bonds. The first-order valence-corrected chi connectivity index (χ1v) is 7.30. The third-order valence-corrected chi connectivity index (χ3v) is 4.47. The topological polar surface area (TPSA) is 102 Å². The van der Waals surface area contributed by atoms with Crippen LogP contribution in [0.25, 0.3) is 0 Å². The molecule has 2 N–H and O–H groups in total. The van der Waals surface area contributed by atoms with E-state index in [9.17, 15) is 18.7 Å². The molecule has 0 spiro atoms. The fraction of sp³-hybridized carbons (Fsp3) is 0.643. The van der Waals surface area contributed by atoms with Crippen molar-refractivity contribution in [2.75, 3.05) is 6.54 Å². The average Bonchev–Trinajstić information content (AvgIpc) is 2.78. The van der Waals surface area contributed by atoms with E-state index in [4.69, 9.17) is 10.4 Å². The highest BCUT2D eigenvalue weighted by Crippen LogP contribution is 2.43. The van der Waals surface area contributed by atoms with Crippen LogP contribution in [0.4, 0.5) is 13.6 Å². The number of fused-ring (bicyclic) bond motifs is 3. The number of carboxylic acid groups (broad SMARTS) is 1. The van der Waals surface area contributed by atoms with E-state index < -0.39 is 24.0 Å². The molecule has 0 bridgehead atoms. The number of nitriles is 1. The number of alkyl halides is 2.